The summed E-state index contributed by atoms with van der Waals surface area (Å²) in [4.78, 5) is 24.6. The van der Waals surface area contributed by atoms with Gasteiger partial charge in [0.15, 0.2) is 12.7 Å². The first-order chi connectivity index (χ1) is 15.6. The molecule has 0 saturated carbocycles. The van der Waals surface area contributed by atoms with Crippen LogP contribution in [0, 0.1) is 5.82 Å². The molecule has 1 aliphatic rings. The standard InChI is InChI=1S/C23H23Cl2FN2O5/c1-12(27-22(30)11-32-15-4-5-17(25)18(26)9-15)7-13(2)28-23(31)21-10-19(29)16-8-14(24)3-6-20(16)33-21/h3-6,8-9,12,19,21,29H,2,7,10-11H2,1H3,(H,27,30)(H,28,31). The predicted molar refractivity (Wildman–Crippen MR) is 122 cm³/mol. The Kier molecular flexibility index (Phi) is 8.18. The molecule has 2 aromatic rings. The third-order valence-electron chi connectivity index (χ3n) is 4.85. The molecule has 0 spiro atoms. The van der Waals surface area contributed by atoms with E-state index in [1.165, 1.54) is 12.1 Å². The molecule has 1 heterocycles. The SMILES string of the molecule is C=C(CC(C)NC(=O)COc1ccc(Cl)c(F)c1)NC(=O)C1CC(O)c2cc(Cl)ccc2O1. The number of amides is 2. The molecule has 0 fully saturated rings. The number of ether oxygens (including phenoxy) is 2. The molecule has 0 aromatic heterocycles. The minimum atomic E-state index is -0.900. The summed E-state index contributed by atoms with van der Waals surface area (Å²) in [6, 6.07) is 8.34. The molecule has 0 bridgehead atoms. The summed E-state index contributed by atoms with van der Waals surface area (Å²) in [5.41, 5.74) is 0.902. The molecule has 3 unspecified atom stereocenters. The Balaban J connectivity index is 1.44. The van der Waals surface area contributed by atoms with Crippen molar-refractivity contribution in [1.82, 2.24) is 10.6 Å². The first-order valence-electron chi connectivity index (χ1n) is 10.1. The molecule has 1 aliphatic heterocycles. The van der Waals surface area contributed by atoms with Gasteiger partial charge in [0.2, 0.25) is 0 Å². The molecular formula is C23H23Cl2FN2O5. The maximum atomic E-state index is 13.4. The summed E-state index contributed by atoms with van der Waals surface area (Å²) < 4.78 is 24.4. The van der Waals surface area contributed by atoms with Crippen molar-refractivity contribution >= 4 is 35.0 Å². The van der Waals surface area contributed by atoms with E-state index in [-0.39, 0.29) is 36.3 Å². The summed E-state index contributed by atoms with van der Waals surface area (Å²) in [6.07, 6.45) is -1.46. The third kappa shape index (κ3) is 6.83. The van der Waals surface area contributed by atoms with Crippen LogP contribution in [-0.2, 0) is 9.59 Å². The Morgan fingerprint density at radius 1 is 1.30 bits per heavy atom. The van der Waals surface area contributed by atoms with Crippen LogP contribution in [-0.4, -0.2) is 35.7 Å². The molecule has 176 valence electrons. The van der Waals surface area contributed by atoms with Gasteiger partial charge in [-0.3, -0.25) is 9.59 Å². The highest BCUT2D eigenvalue weighted by atomic mass is 35.5. The number of aliphatic hydroxyl groups excluding tert-OH is 1. The van der Waals surface area contributed by atoms with Crippen LogP contribution in [0.4, 0.5) is 4.39 Å². The lowest BCUT2D eigenvalue weighted by atomic mass is 9.98. The number of carbonyl (C=O) groups excluding carboxylic acids is 2. The first-order valence-corrected chi connectivity index (χ1v) is 10.9. The van der Waals surface area contributed by atoms with Crippen molar-refractivity contribution in [2.45, 2.75) is 38.0 Å². The minimum Gasteiger partial charge on any atom is -0.484 e. The van der Waals surface area contributed by atoms with E-state index in [0.29, 0.717) is 22.0 Å². The molecule has 0 saturated heterocycles. The predicted octanol–water partition coefficient (Wildman–Crippen LogP) is 3.92. The van der Waals surface area contributed by atoms with Gasteiger partial charge in [-0.1, -0.05) is 29.8 Å². The zero-order valence-electron chi connectivity index (χ0n) is 17.7. The smallest absolute Gasteiger partial charge is 0.265 e. The van der Waals surface area contributed by atoms with Crippen LogP contribution in [0.15, 0.2) is 48.7 Å². The van der Waals surface area contributed by atoms with Gasteiger partial charge in [0.1, 0.15) is 17.3 Å². The lowest BCUT2D eigenvalue weighted by molar-refractivity contribution is -0.129. The molecule has 2 aromatic carbocycles. The van der Waals surface area contributed by atoms with E-state index < -0.39 is 29.8 Å². The van der Waals surface area contributed by atoms with Crippen molar-refractivity contribution in [3.8, 4) is 11.5 Å². The van der Waals surface area contributed by atoms with Gasteiger partial charge in [-0.2, -0.15) is 0 Å². The number of hydrogen-bond donors (Lipinski definition) is 3. The Hall–Kier alpha value is -2.81. The molecule has 2 amide bonds. The van der Waals surface area contributed by atoms with Crippen LogP contribution >= 0.6 is 23.2 Å². The highest BCUT2D eigenvalue weighted by molar-refractivity contribution is 6.31. The van der Waals surface area contributed by atoms with E-state index in [1.807, 2.05) is 0 Å². The molecule has 3 atom stereocenters. The zero-order valence-corrected chi connectivity index (χ0v) is 19.3. The number of nitrogens with one attached hydrogen (secondary N) is 2. The number of halogens is 3. The van der Waals surface area contributed by atoms with E-state index >= 15 is 0 Å². The third-order valence-corrected chi connectivity index (χ3v) is 5.39. The normalized spacial score (nSPS) is 17.8. The summed E-state index contributed by atoms with van der Waals surface area (Å²) >= 11 is 11.6. The Bertz CT molecular complexity index is 1070. The molecule has 10 heteroatoms. The lowest BCUT2D eigenvalue weighted by Crippen LogP contribution is -2.42. The summed E-state index contributed by atoms with van der Waals surface area (Å²) in [5, 5.41) is 16.1. The number of carbonyl (C=O) groups is 2. The van der Waals surface area contributed by atoms with Crippen LogP contribution in [0.25, 0.3) is 0 Å². The molecule has 7 nitrogen and oxygen atoms in total. The van der Waals surface area contributed by atoms with Gasteiger partial charge in [-0.15, -0.1) is 0 Å². The van der Waals surface area contributed by atoms with Gasteiger partial charge in [-0.25, -0.2) is 4.39 Å². The van der Waals surface area contributed by atoms with Crippen molar-refractivity contribution in [3.05, 3.63) is 70.1 Å². The van der Waals surface area contributed by atoms with E-state index in [4.69, 9.17) is 32.7 Å². The fraction of sp³-hybridized carbons (Fsp3) is 0.304. The second-order valence-electron chi connectivity index (χ2n) is 7.67. The molecule has 0 radical (unpaired) electrons. The van der Waals surface area contributed by atoms with Crippen LogP contribution in [0.1, 0.15) is 31.4 Å². The largest absolute Gasteiger partial charge is 0.484 e. The number of hydrogen-bond acceptors (Lipinski definition) is 5. The summed E-state index contributed by atoms with van der Waals surface area (Å²) in [7, 11) is 0. The van der Waals surface area contributed by atoms with Crippen LogP contribution in [0.5, 0.6) is 11.5 Å². The second-order valence-corrected chi connectivity index (χ2v) is 8.51. The summed E-state index contributed by atoms with van der Waals surface area (Å²) in [5.74, 6) is -0.950. The quantitative estimate of drug-likeness (QED) is 0.514. The van der Waals surface area contributed by atoms with Gasteiger partial charge in [0, 0.05) is 41.2 Å². The van der Waals surface area contributed by atoms with Crippen molar-refractivity contribution in [2.24, 2.45) is 0 Å². The molecule has 33 heavy (non-hydrogen) atoms. The van der Waals surface area contributed by atoms with Gasteiger partial charge >= 0.3 is 0 Å². The van der Waals surface area contributed by atoms with Gasteiger partial charge in [0.25, 0.3) is 11.8 Å². The second kappa shape index (κ2) is 10.9. The van der Waals surface area contributed by atoms with Gasteiger partial charge in [-0.05, 0) is 37.3 Å². The Morgan fingerprint density at radius 2 is 2.06 bits per heavy atom. The highest BCUT2D eigenvalue weighted by Gasteiger charge is 2.32. The van der Waals surface area contributed by atoms with Crippen LogP contribution < -0.4 is 20.1 Å². The van der Waals surface area contributed by atoms with Gasteiger partial charge < -0.3 is 25.2 Å². The maximum absolute atomic E-state index is 13.4. The minimum absolute atomic E-state index is 0.0391. The number of fused-ring (bicyclic) bond motifs is 1. The number of aliphatic hydroxyl groups is 1. The molecule has 0 aliphatic carbocycles. The van der Waals surface area contributed by atoms with Crippen molar-refractivity contribution < 1.29 is 28.6 Å². The van der Waals surface area contributed by atoms with Gasteiger partial charge in [0.05, 0.1) is 11.1 Å². The first kappa shape index (κ1) is 24.8. The topological polar surface area (TPSA) is 96.9 Å². The Morgan fingerprint density at radius 3 is 2.79 bits per heavy atom. The zero-order chi connectivity index (χ0) is 24.1. The lowest BCUT2D eigenvalue weighted by Gasteiger charge is -2.29. The van der Waals surface area contributed by atoms with E-state index in [2.05, 4.69) is 17.2 Å². The Labute approximate surface area is 200 Å². The van der Waals surface area contributed by atoms with E-state index in [0.717, 1.165) is 6.07 Å². The van der Waals surface area contributed by atoms with E-state index in [9.17, 15) is 19.1 Å². The van der Waals surface area contributed by atoms with Crippen molar-refractivity contribution in [2.75, 3.05) is 6.61 Å². The van der Waals surface area contributed by atoms with Crippen LogP contribution in [0.2, 0.25) is 10.0 Å². The maximum Gasteiger partial charge on any atom is 0.265 e. The number of rotatable bonds is 8. The van der Waals surface area contributed by atoms with E-state index in [1.54, 1.807) is 25.1 Å². The van der Waals surface area contributed by atoms with Crippen molar-refractivity contribution in [3.63, 3.8) is 0 Å². The average molecular weight is 497 g/mol. The molecule has 3 rings (SSSR count). The molecular weight excluding hydrogens is 474 g/mol. The monoisotopic (exact) mass is 496 g/mol. The average Bonchev–Trinajstić information content (AvgIpc) is 2.74. The fourth-order valence-electron chi connectivity index (χ4n) is 3.34. The van der Waals surface area contributed by atoms with Crippen LogP contribution in [0.3, 0.4) is 0 Å². The highest BCUT2D eigenvalue weighted by Crippen LogP contribution is 2.36. The summed E-state index contributed by atoms with van der Waals surface area (Å²) in [6.45, 7) is 5.24. The fourth-order valence-corrected chi connectivity index (χ4v) is 3.64. The number of benzene rings is 2. The molecule has 3 N–H and O–H groups in total. The van der Waals surface area contributed by atoms with Crippen molar-refractivity contribution in [1.29, 1.82) is 0 Å².